The summed E-state index contributed by atoms with van der Waals surface area (Å²) >= 11 is 0. The predicted molar refractivity (Wildman–Crippen MR) is 219 cm³/mol. The van der Waals surface area contributed by atoms with E-state index in [1.807, 2.05) is 6.08 Å². The summed E-state index contributed by atoms with van der Waals surface area (Å²) in [6.07, 6.45) is 44.0. The van der Waals surface area contributed by atoms with Gasteiger partial charge in [-0.1, -0.05) is 125 Å². The molecule has 0 aromatic rings. The fourth-order valence-corrected chi connectivity index (χ4v) is 6.15. The van der Waals surface area contributed by atoms with Crippen LogP contribution in [0.25, 0.3) is 0 Å². The van der Waals surface area contributed by atoms with Crippen LogP contribution in [0.15, 0.2) is 72.9 Å². The summed E-state index contributed by atoms with van der Waals surface area (Å²) < 4.78 is 38.4. The summed E-state index contributed by atoms with van der Waals surface area (Å²) in [7, 11) is -4.40. The fourth-order valence-electron chi connectivity index (χ4n) is 5.38. The molecular weight excluding hydrogens is 705 g/mol. The van der Waals surface area contributed by atoms with Crippen LogP contribution in [0.1, 0.15) is 142 Å². The number of ether oxygens (including phenoxy) is 3. The van der Waals surface area contributed by atoms with E-state index in [4.69, 9.17) is 29.0 Å². The SMILES string of the molecule is CC/C=C\C/C=C\C/C=C\CCCCCCCC(=O)OC[C@H](COP(=O)(O)OCCN)OC(=O)CCC/C=C\C/C=C\C/C=C\CC1OC1CCCCC. The highest BCUT2D eigenvalue weighted by atomic mass is 31.2. The molecule has 4 atom stereocenters. The Morgan fingerprint density at radius 3 is 1.94 bits per heavy atom. The molecule has 3 unspecified atom stereocenters. The van der Waals surface area contributed by atoms with E-state index in [0.29, 0.717) is 31.5 Å². The molecule has 308 valence electrons. The minimum atomic E-state index is -4.40. The highest BCUT2D eigenvalue weighted by Crippen LogP contribution is 2.43. The van der Waals surface area contributed by atoms with Crippen LogP contribution < -0.4 is 5.73 Å². The average Bonchev–Trinajstić information content (AvgIpc) is 3.91. The number of epoxide rings is 1. The highest BCUT2D eigenvalue weighted by molar-refractivity contribution is 7.47. The molecule has 0 aliphatic carbocycles. The van der Waals surface area contributed by atoms with E-state index in [2.05, 4.69) is 80.7 Å². The number of allylic oxidation sites excluding steroid dienone is 11. The number of phosphoric acid groups is 1. The fraction of sp³-hybridized carbons (Fsp3) is 0.674. The molecule has 0 aromatic carbocycles. The van der Waals surface area contributed by atoms with Crippen molar-refractivity contribution in [3.8, 4) is 0 Å². The van der Waals surface area contributed by atoms with Crippen LogP contribution >= 0.6 is 7.82 Å². The summed E-state index contributed by atoms with van der Waals surface area (Å²) in [5.41, 5.74) is 5.33. The van der Waals surface area contributed by atoms with Gasteiger partial charge in [0.2, 0.25) is 0 Å². The van der Waals surface area contributed by atoms with Crippen molar-refractivity contribution < 1.29 is 42.3 Å². The Hall–Kier alpha value is -2.59. The minimum Gasteiger partial charge on any atom is -0.462 e. The third-order valence-electron chi connectivity index (χ3n) is 8.50. The van der Waals surface area contributed by atoms with Crippen LogP contribution in [0.2, 0.25) is 0 Å². The molecule has 11 heteroatoms. The van der Waals surface area contributed by atoms with Gasteiger partial charge in [0.25, 0.3) is 0 Å². The molecule has 1 aliphatic heterocycles. The minimum absolute atomic E-state index is 0.0364. The lowest BCUT2D eigenvalue weighted by Gasteiger charge is -2.19. The topological polar surface area (TPSA) is 147 Å². The van der Waals surface area contributed by atoms with Crippen molar-refractivity contribution in [2.45, 2.75) is 161 Å². The number of carbonyl (C=O) groups excluding carboxylic acids is 2. The van der Waals surface area contributed by atoms with Gasteiger partial charge >= 0.3 is 19.8 Å². The van der Waals surface area contributed by atoms with Crippen molar-refractivity contribution in [3.63, 3.8) is 0 Å². The maximum atomic E-state index is 12.6. The van der Waals surface area contributed by atoms with E-state index < -0.39 is 32.5 Å². The van der Waals surface area contributed by atoms with Crippen molar-refractivity contribution in [1.29, 1.82) is 0 Å². The number of carbonyl (C=O) groups is 2. The Kier molecular flexibility index (Phi) is 31.9. The highest BCUT2D eigenvalue weighted by Gasteiger charge is 2.36. The largest absolute Gasteiger partial charge is 0.472 e. The molecule has 0 saturated carbocycles. The Morgan fingerprint density at radius 2 is 1.28 bits per heavy atom. The van der Waals surface area contributed by atoms with Gasteiger partial charge in [0.1, 0.15) is 6.61 Å². The molecule has 0 radical (unpaired) electrons. The maximum Gasteiger partial charge on any atom is 0.472 e. The normalized spacial score (nSPS) is 17.9. The van der Waals surface area contributed by atoms with Crippen molar-refractivity contribution in [2.24, 2.45) is 5.73 Å². The lowest BCUT2D eigenvalue weighted by atomic mass is 10.1. The van der Waals surface area contributed by atoms with E-state index >= 15 is 0 Å². The van der Waals surface area contributed by atoms with E-state index in [9.17, 15) is 19.0 Å². The lowest BCUT2D eigenvalue weighted by molar-refractivity contribution is -0.161. The Balaban J connectivity index is 2.25. The second-order valence-corrected chi connectivity index (χ2v) is 15.0. The summed E-state index contributed by atoms with van der Waals surface area (Å²) in [4.78, 5) is 34.8. The van der Waals surface area contributed by atoms with E-state index in [-0.39, 0.29) is 32.6 Å². The van der Waals surface area contributed by atoms with Gasteiger partial charge < -0.3 is 24.8 Å². The zero-order chi connectivity index (χ0) is 39.4. The molecule has 0 amide bonds. The molecule has 1 fully saturated rings. The van der Waals surface area contributed by atoms with E-state index in [1.165, 1.54) is 25.7 Å². The summed E-state index contributed by atoms with van der Waals surface area (Å²) in [6.45, 7) is 3.47. The Bertz CT molecular complexity index is 1180. The second kappa shape index (κ2) is 34.9. The zero-order valence-electron chi connectivity index (χ0n) is 33.4. The van der Waals surface area contributed by atoms with Crippen LogP contribution in [0.5, 0.6) is 0 Å². The van der Waals surface area contributed by atoms with Gasteiger partial charge in [-0.3, -0.25) is 18.6 Å². The first-order valence-corrected chi connectivity index (χ1v) is 22.0. The predicted octanol–water partition coefficient (Wildman–Crippen LogP) is 10.5. The molecular formula is C43H72NO9P. The summed E-state index contributed by atoms with van der Waals surface area (Å²) in [6, 6.07) is 0. The molecule has 3 N–H and O–H groups in total. The average molecular weight is 778 g/mol. The lowest BCUT2D eigenvalue weighted by Crippen LogP contribution is -2.29. The monoisotopic (exact) mass is 777 g/mol. The van der Waals surface area contributed by atoms with E-state index in [0.717, 1.165) is 70.6 Å². The van der Waals surface area contributed by atoms with Gasteiger partial charge in [-0.05, 0) is 77.0 Å². The summed E-state index contributed by atoms with van der Waals surface area (Å²) in [5.74, 6) is -0.927. The number of phosphoric ester groups is 1. The first-order chi connectivity index (χ1) is 26.3. The van der Waals surface area contributed by atoms with Crippen LogP contribution in [0, 0.1) is 0 Å². The molecule has 10 nitrogen and oxygen atoms in total. The number of hydrogen-bond donors (Lipinski definition) is 2. The molecule has 54 heavy (non-hydrogen) atoms. The van der Waals surface area contributed by atoms with Gasteiger partial charge in [0.05, 0.1) is 25.4 Å². The van der Waals surface area contributed by atoms with Gasteiger partial charge in [-0.2, -0.15) is 0 Å². The molecule has 0 bridgehead atoms. The van der Waals surface area contributed by atoms with Crippen molar-refractivity contribution >= 4 is 19.8 Å². The quantitative estimate of drug-likeness (QED) is 0.0207. The number of hydrogen-bond acceptors (Lipinski definition) is 9. The third-order valence-corrected chi connectivity index (χ3v) is 9.48. The van der Waals surface area contributed by atoms with Crippen LogP contribution in [-0.2, 0) is 37.4 Å². The first kappa shape index (κ1) is 49.4. The van der Waals surface area contributed by atoms with Gasteiger partial charge in [-0.25, -0.2) is 4.57 Å². The number of nitrogens with two attached hydrogens (primary N) is 1. The number of esters is 2. The Labute approximate surface area is 326 Å². The molecule has 0 spiro atoms. The standard InChI is InChI=1S/C43H72NO9P/c1-3-5-7-8-9-10-11-12-13-14-15-19-22-25-29-33-42(45)49-37-39(38-51-54(47,48)50-36-35-44)52-43(46)34-30-26-23-20-17-16-18-21-24-28-32-41-40(53-41)31-27-6-4-2/h5,7,9-10,12-13,16,18,20,23-24,28,39-41H,3-4,6,8,11,14-15,17,19,21-22,25-27,29-38,44H2,1-2H3,(H,47,48)/b7-5-,10-9-,13-12-,18-16-,23-20-,28-24-/t39-,40?,41?/m1/s1. The second-order valence-electron chi connectivity index (χ2n) is 13.5. The Morgan fingerprint density at radius 1 is 0.685 bits per heavy atom. The van der Waals surface area contributed by atoms with Gasteiger partial charge in [-0.15, -0.1) is 0 Å². The van der Waals surface area contributed by atoms with Gasteiger partial charge in [0.15, 0.2) is 6.10 Å². The zero-order valence-corrected chi connectivity index (χ0v) is 34.3. The first-order valence-electron chi connectivity index (χ1n) is 20.5. The van der Waals surface area contributed by atoms with Crippen LogP contribution in [-0.4, -0.2) is 61.5 Å². The molecule has 1 heterocycles. The van der Waals surface area contributed by atoms with Crippen LogP contribution in [0.3, 0.4) is 0 Å². The number of rotatable bonds is 36. The maximum absolute atomic E-state index is 12.6. The van der Waals surface area contributed by atoms with Crippen molar-refractivity contribution in [2.75, 3.05) is 26.4 Å². The molecule has 0 aromatic heterocycles. The van der Waals surface area contributed by atoms with Crippen molar-refractivity contribution in [1.82, 2.24) is 0 Å². The molecule has 1 rings (SSSR count). The third kappa shape index (κ3) is 31.7. The van der Waals surface area contributed by atoms with Crippen molar-refractivity contribution in [3.05, 3.63) is 72.9 Å². The molecule has 1 aliphatic rings. The van der Waals surface area contributed by atoms with Gasteiger partial charge in [0, 0.05) is 19.4 Å². The van der Waals surface area contributed by atoms with Crippen LogP contribution in [0.4, 0.5) is 0 Å². The smallest absolute Gasteiger partial charge is 0.462 e. The molecule has 1 saturated heterocycles. The summed E-state index contributed by atoms with van der Waals surface area (Å²) in [5, 5.41) is 0. The van der Waals surface area contributed by atoms with E-state index in [1.54, 1.807) is 0 Å². The number of unbranched alkanes of at least 4 members (excludes halogenated alkanes) is 8.